The van der Waals surface area contributed by atoms with Gasteiger partial charge in [-0.1, -0.05) is 0 Å². The quantitative estimate of drug-likeness (QED) is 0.768. The molecule has 0 bridgehead atoms. The summed E-state index contributed by atoms with van der Waals surface area (Å²) < 4.78 is 0. The van der Waals surface area contributed by atoms with Crippen molar-refractivity contribution >= 4 is 11.6 Å². The van der Waals surface area contributed by atoms with E-state index in [2.05, 4.69) is 16.9 Å². The van der Waals surface area contributed by atoms with Gasteiger partial charge < -0.3 is 5.73 Å². The maximum Gasteiger partial charge on any atom is 0.163 e. The minimum atomic E-state index is -0.0208. The van der Waals surface area contributed by atoms with E-state index in [-0.39, 0.29) is 5.78 Å². The highest BCUT2D eigenvalue weighted by Gasteiger charge is 2.23. The summed E-state index contributed by atoms with van der Waals surface area (Å²) >= 11 is 0. The van der Waals surface area contributed by atoms with Crippen LogP contribution in [0.3, 0.4) is 0 Å². The third kappa shape index (κ3) is 1.93. The normalized spacial score (nSPS) is 21.2. The van der Waals surface area contributed by atoms with Crippen LogP contribution in [0.4, 0.5) is 5.82 Å². The maximum atomic E-state index is 11.4. The number of nitrogens with zero attached hydrogens (tertiary/aromatic N) is 2. The van der Waals surface area contributed by atoms with Gasteiger partial charge in [0.25, 0.3) is 0 Å². The zero-order valence-electron chi connectivity index (χ0n) is 9.73. The van der Waals surface area contributed by atoms with Crippen LogP contribution in [0.1, 0.15) is 41.7 Å². The van der Waals surface area contributed by atoms with Crippen molar-refractivity contribution in [3.05, 3.63) is 23.4 Å². The number of nitrogens with two attached hydrogens (primary N) is 1. The third-order valence-corrected chi connectivity index (χ3v) is 3.22. The van der Waals surface area contributed by atoms with Crippen LogP contribution in [0.5, 0.6) is 0 Å². The molecule has 16 heavy (non-hydrogen) atoms. The highest BCUT2D eigenvalue weighted by Crippen LogP contribution is 2.30. The van der Waals surface area contributed by atoms with Crippen molar-refractivity contribution in [2.75, 3.05) is 19.3 Å². The minimum Gasteiger partial charge on any atom is -0.383 e. The monoisotopic (exact) mass is 219 g/mol. The zero-order valence-corrected chi connectivity index (χ0v) is 9.73. The van der Waals surface area contributed by atoms with Gasteiger partial charge in [-0.15, -0.1) is 0 Å². The van der Waals surface area contributed by atoms with Gasteiger partial charge in [0.15, 0.2) is 5.78 Å². The van der Waals surface area contributed by atoms with Crippen LogP contribution in [0.2, 0.25) is 0 Å². The van der Waals surface area contributed by atoms with Gasteiger partial charge in [0, 0.05) is 12.2 Å². The Bertz CT molecular complexity index is 417. The van der Waals surface area contributed by atoms with Crippen LogP contribution in [0, 0.1) is 0 Å². The Hall–Kier alpha value is -1.42. The molecule has 0 aromatic carbocycles. The SMILES string of the molecule is CC(=O)c1cc(C2CCCN2C)cnc1N. The smallest absolute Gasteiger partial charge is 0.163 e. The number of hydrogen-bond donors (Lipinski definition) is 1. The predicted molar refractivity (Wildman–Crippen MR) is 63.3 cm³/mol. The van der Waals surface area contributed by atoms with E-state index in [1.165, 1.54) is 13.3 Å². The molecule has 1 saturated heterocycles. The molecule has 0 amide bonds. The molecule has 1 unspecified atom stereocenters. The van der Waals surface area contributed by atoms with Crippen LogP contribution in [0.25, 0.3) is 0 Å². The lowest BCUT2D eigenvalue weighted by Crippen LogP contribution is -2.18. The number of aromatic nitrogens is 1. The first-order chi connectivity index (χ1) is 7.59. The Morgan fingerprint density at radius 2 is 2.38 bits per heavy atom. The first kappa shape index (κ1) is 11.1. The van der Waals surface area contributed by atoms with Gasteiger partial charge >= 0.3 is 0 Å². The molecule has 1 aliphatic heterocycles. The second-order valence-electron chi connectivity index (χ2n) is 4.40. The third-order valence-electron chi connectivity index (χ3n) is 3.22. The van der Waals surface area contributed by atoms with E-state index in [0.29, 0.717) is 17.4 Å². The van der Waals surface area contributed by atoms with Gasteiger partial charge in [0.1, 0.15) is 5.82 Å². The molecule has 2 N–H and O–H groups in total. The van der Waals surface area contributed by atoms with Gasteiger partial charge in [-0.25, -0.2) is 4.98 Å². The van der Waals surface area contributed by atoms with E-state index >= 15 is 0 Å². The number of anilines is 1. The molecule has 4 heteroatoms. The summed E-state index contributed by atoms with van der Waals surface area (Å²) in [6.45, 7) is 2.62. The Labute approximate surface area is 95.5 Å². The highest BCUT2D eigenvalue weighted by molar-refractivity contribution is 5.98. The van der Waals surface area contributed by atoms with E-state index in [9.17, 15) is 4.79 Å². The molecule has 0 saturated carbocycles. The van der Waals surface area contributed by atoms with E-state index < -0.39 is 0 Å². The topological polar surface area (TPSA) is 59.2 Å². The molecule has 1 aromatic heterocycles. The van der Waals surface area contributed by atoms with Crippen molar-refractivity contribution in [1.29, 1.82) is 0 Å². The fourth-order valence-corrected chi connectivity index (χ4v) is 2.29. The highest BCUT2D eigenvalue weighted by atomic mass is 16.1. The average Bonchev–Trinajstić information content (AvgIpc) is 2.65. The van der Waals surface area contributed by atoms with Crippen LogP contribution in [-0.4, -0.2) is 29.3 Å². The number of likely N-dealkylation sites (tertiary alicyclic amines) is 1. The predicted octanol–water partition coefficient (Wildman–Crippen LogP) is 1.63. The fraction of sp³-hybridized carbons (Fsp3) is 0.500. The number of Topliss-reactive ketones (excluding diaryl/α,β-unsaturated/α-hetero) is 1. The number of nitrogen functional groups attached to an aromatic ring is 1. The molecule has 1 fully saturated rings. The Balaban J connectivity index is 2.35. The molecule has 0 spiro atoms. The van der Waals surface area contributed by atoms with Crippen LogP contribution in [-0.2, 0) is 0 Å². The lowest BCUT2D eigenvalue weighted by atomic mass is 10.0. The average molecular weight is 219 g/mol. The van der Waals surface area contributed by atoms with Crippen molar-refractivity contribution < 1.29 is 4.79 Å². The maximum absolute atomic E-state index is 11.4. The lowest BCUT2D eigenvalue weighted by molar-refractivity contribution is 0.101. The van der Waals surface area contributed by atoms with Crippen LogP contribution in [0.15, 0.2) is 12.3 Å². The Morgan fingerprint density at radius 1 is 1.62 bits per heavy atom. The second-order valence-corrected chi connectivity index (χ2v) is 4.40. The summed E-state index contributed by atoms with van der Waals surface area (Å²) in [5.74, 6) is 0.310. The molecular formula is C12H17N3O. The van der Waals surface area contributed by atoms with Gasteiger partial charge in [-0.2, -0.15) is 0 Å². The molecule has 2 rings (SSSR count). The summed E-state index contributed by atoms with van der Waals surface area (Å²) in [7, 11) is 2.10. The molecule has 1 aromatic rings. The summed E-state index contributed by atoms with van der Waals surface area (Å²) in [5, 5.41) is 0. The molecular weight excluding hydrogens is 202 g/mol. The molecule has 86 valence electrons. The summed E-state index contributed by atoms with van der Waals surface area (Å²) in [4.78, 5) is 17.8. The van der Waals surface area contributed by atoms with Gasteiger partial charge in [0.2, 0.25) is 0 Å². The summed E-state index contributed by atoms with van der Waals surface area (Å²) in [5.41, 5.74) is 7.31. The summed E-state index contributed by atoms with van der Waals surface area (Å²) in [6.07, 6.45) is 4.11. The number of ketones is 1. The van der Waals surface area contributed by atoms with E-state index in [1.54, 1.807) is 6.20 Å². The Morgan fingerprint density at radius 3 is 2.94 bits per heavy atom. The molecule has 0 radical (unpaired) electrons. The summed E-state index contributed by atoms with van der Waals surface area (Å²) in [6, 6.07) is 2.27. The molecule has 0 aliphatic carbocycles. The van der Waals surface area contributed by atoms with Crippen molar-refractivity contribution in [2.24, 2.45) is 0 Å². The Kier molecular flexibility index (Phi) is 2.92. The van der Waals surface area contributed by atoms with E-state index in [1.807, 2.05) is 6.07 Å². The first-order valence-electron chi connectivity index (χ1n) is 5.56. The van der Waals surface area contributed by atoms with Gasteiger partial charge in [-0.05, 0) is 45.0 Å². The standard InChI is InChI=1S/C12H17N3O/c1-8(16)10-6-9(7-14-12(10)13)11-4-3-5-15(11)2/h6-7,11H,3-5H2,1-2H3,(H2,13,14). The molecule has 2 heterocycles. The second kappa shape index (κ2) is 4.22. The van der Waals surface area contributed by atoms with Gasteiger partial charge in [0.05, 0.1) is 5.56 Å². The number of pyridine rings is 1. The van der Waals surface area contributed by atoms with Crippen molar-refractivity contribution in [3.8, 4) is 0 Å². The molecule has 4 nitrogen and oxygen atoms in total. The number of carbonyl (C=O) groups excluding carboxylic acids is 1. The fourth-order valence-electron chi connectivity index (χ4n) is 2.29. The largest absolute Gasteiger partial charge is 0.383 e. The number of carbonyl (C=O) groups is 1. The van der Waals surface area contributed by atoms with E-state index in [4.69, 9.17) is 5.73 Å². The van der Waals surface area contributed by atoms with Crippen LogP contribution < -0.4 is 5.73 Å². The molecule has 1 atom stereocenters. The lowest BCUT2D eigenvalue weighted by Gasteiger charge is -2.20. The van der Waals surface area contributed by atoms with Crippen molar-refractivity contribution in [1.82, 2.24) is 9.88 Å². The molecule has 1 aliphatic rings. The number of hydrogen-bond acceptors (Lipinski definition) is 4. The first-order valence-corrected chi connectivity index (χ1v) is 5.56. The van der Waals surface area contributed by atoms with Crippen molar-refractivity contribution in [2.45, 2.75) is 25.8 Å². The van der Waals surface area contributed by atoms with Gasteiger partial charge in [-0.3, -0.25) is 9.69 Å². The van der Waals surface area contributed by atoms with E-state index in [0.717, 1.165) is 18.5 Å². The minimum absolute atomic E-state index is 0.0208. The van der Waals surface area contributed by atoms with Crippen molar-refractivity contribution in [3.63, 3.8) is 0 Å². The van der Waals surface area contributed by atoms with Crippen LogP contribution >= 0.6 is 0 Å². The number of rotatable bonds is 2. The zero-order chi connectivity index (χ0) is 11.7.